The quantitative estimate of drug-likeness (QED) is 0.753. The van der Waals surface area contributed by atoms with E-state index in [1.165, 1.54) is 0 Å². The summed E-state index contributed by atoms with van der Waals surface area (Å²) >= 11 is 0. The van der Waals surface area contributed by atoms with Gasteiger partial charge in [0.25, 0.3) is 5.91 Å². The average molecular weight is 315 g/mol. The molecule has 0 radical (unpaired) electrons. The van der Waals surface area contributed by atoms with Crippen molar-refractivity contribution in [2.45, 2.75) is 37.7 Å². The summed E-state index contributed by atoms with van der Waals surface area (Å²) in [5, 5.41) is 11.0. The molecule has 23 heavy (non-hydrogen) atoms. The summed E-state index contributed by atoms with van der Waals surface area (Å²) in [5.74, 6) is -0.739. The highest BCUT2D eigenvalue weighted by Gasteiger charge is 2.33. The second-order valence-corrected chi connectivity index (χ2v) is 6.28. The van der Waals surface area contributed by atoms with Crippen molar-refractivity contribution in [1.29, 1.82) is 0 Å². The summed E-state index contributed by atoms with van der Waals surface area (Å²) in [6.45, 7) is 0. The standard InChI is InChI=1S/C17H21N3O3/c1-20-11-13(12-6-2-3-7-14(12)20)16(22)19-18-15(21)10-17(23)8-4-5-9-17/h2-3,6-7,11,23H,4-5,8-10H2,1H3,(H,18,21)(H,19,22). The van der Waals surface area contributed by atoms with Gasteiger partial charge in [-0.1, -0.05) is 31.0 Å². The van der Waals surface area contributed by atoms with Gasteiger partial charge in [0.2, 0.25) is 5.91 Å². The van der Waals surface area contributed by atoms with E-state index in [4.69, 9.17) is 0 Å². The maximum absolute atomic E-state index is 12.3. The Bertz CT molecular complexity index is 745. The molecule has 0 bridgehead atoms. The molecular formula is C17H21N3O3. The molecule has 0 unspecified atom stereocenters. The molecule has 0 saturated heterocycles. The zero-order valence-electron chi connectivity index (χ0n) is 13.1. The lowest BCUT2D eigenvalue weighted by Crippen LogP contribution is -2.44. The number of nitrogens with one attached hydrogen (secondary N) is 2. The van der Waals surface area contributed by atoms with Crippen molar-refractivity contribution >= 4 is 22.7 Å². The minimum Gasteiger partial charge on any atom is -0.389 e. The molecule has 6 nitrogen and oxygen atoms in total. The highest BCUT2D eigenvalue weighted by Crippen LogP contribution is 2.32. The van der Waals surface area contributed by atoms with Crippen LogP contribution in [-0.2, 0) is 11.8 Å². The Hall–Kier alpha value is -2.34. The van der Waals surface area contributed by atoms with Gasteiger partial charge in [-0.2, -0.15) is 0 Å². The number of aliphatic hydroxyl groups is 1. The third kappa shape index (κ3) is 3.22. The second kappa shape index (κ2) is 6.04. The topological polar surface area (TPSA) is 83.4 Å². The van der Waals surface area contributed by atoms with Gasteiger partial charge in [-0.25, -0.2) is 0 Å². The van der Waals surface area contributed by atoms with E-state index in [2.05, 4.69) is 10.9 Å². The molecule has 3 rings (SSSR count). The number of nitrogens with zero attached hydrogens (tertiary/aromatic N) is 1. The maximum Gasteiger partial charge on any atom is 0.271 e. The molecular weight excluding hydrogens is 294 g/mol. The number of para-hydroxylation sites is 1. The Morgan fingerprint density at radius 3 is 2.65 bits per heavy atom. The smallest absolute Gasteiger partial charge is 0.271 e. The zero-order valence-corrected chi connectivity index (χ0v) is 13.1. The van der Waals surface area contributed by atoms with Gasteiger partial charge in [-0.05, 0) is 18.9 Å². The first kappa shape index (κ1) is 15.6. The summed E-state index contributed by atoms with van der Waals surface area (Å²) in [5.41, 5.74) is 5.36. The number of hydrazine groups is 1. The van der Waals surface area contributed by atoms with Crippen LogP contribution in [-0.4, -0.2) is 27.1 Å². The summed E-state index contributed by atoms with van der Waals surface area (Å²) in [6.07, 6.45) is 4.90. The Morgan fingerprint density at radius 1 is 1.22 bits per heavy atom. The number of hydrogen-bond acceptors (Lipinski definition) is 3. The van der Waals surface area contributed by atoms with E-state index in [0.29, 0.717) is 18.4 Å². The molecule has 1 heterocycles. The number of aromatic nitrogens is 1. The summed E-state index contributed by atoms with van der Waals surface area (Å²) in [7, 11) is 1.87. The van der Waals surface area contributed by atoms with Gasteiger partial charge in [0.05, 0.1) is 17.6 Å². The lowest BCUT2D eigenvalue weighted by molar-refractivity contribution is -0.126. The summed E-state index contributed by atoms with van der Waals surface area (Å²) < 4.78 is 1.87. The van der Waals surface area contributed by atoms with Gasteiger partial charge in [0.15, 0.2) is 0 Å². The van der Waals surface area contributed by atoms with Crippen LogP contribution in [0.15, 0.2) is 30.5 Å². The third-order valence-electron chi connectivity index (χ3n) is 4.48. The number of aryl methyl sites for hydroxylation is 1. The molecule has 0 aliphatic heterocycles. The molecule has 122 valence electrons. The Morgan fingerprint density at radius 2 is 1.91 bits per heavy atom. The van der Waals surface area contributed by atoms with Crippen molar-refractivity contribution in [3.05, 3.63) is 36.0 Å². The van der Waals surface area contributed by atoms with Crippen molar-refractivity contribution in [1.82, 2.24) is 15.4 Å². The van der Waals surface area contributed by atoms with E-state index < -0.39 is 5.60 Å². The van der Waals surface area contributed by atoms with Crippen LogP contribution in [0, 0.1) is 0 Å². The average Bonchev–Trinajstić information content (AvgIpc) is 3.10. The molecule has 1 aromatic heterocycles. The molecule has 1 aliphatic carbocycles. The van der Waals surface area contributed by atoms with Crippen molar-refractivity contribution in [2.75, 3.05) is 0 Å². The molecule has 2 aromatic rings. The Labute approximate surface area is 134 Å². The van der Waals surface area contributed by atoms with Crippen LogP contribution < -0.4 is 10.9 Å². The molecule has 0 spiro atoms. The number of rotatable bonds is 3. The highest BCUT2D eigenvalue weighted by atomic mass is 16.3. The molecule has 1 aliphatic rings. The van der Waals surface area contributed by atoms with E-state index in [1.807, 2.05) is 35.9 Å². The van der Waals surface area contributed by atoms with Crippen molar-refractivity contribution in [2.24, 2.45) is 7.05 Å². The molecule has 1 saturated carbocycles. The number of hydrogen-bond donors (Lipinski definition) is 3. The summed E-state index contributed by atoms with van der Waals surface area (Å²) in [6, 6.07) is 7.58. The molecule has 1 aromatic carbocycles. The van der Waals surface area contributed by atoms with Crippen molar-refractivity contribution in [3.8, 4) is 0 Å². The van der Waals surface area contributed by atoms with Gasteiger partial charge in [0, 0.05) is 24.1 Å². The highest BCUT2D eigenvalue weighted by molar-refractivity contribution is 6.07. The van der Waals surface area contributed by atoms with Crippen molar-refractivity contribution in [3.63, 3.8) is 0 Å². The lowest BCUT2D eigenvalue weighted by Gasteiger charge is -2.21. The predicted octanol–water partition coefficient (Wildman–Crippen LogP) is 1.63. The van der Waals surface area contributed by atoms with E-state index >= 15 is 0 Å². The van der Waals surface area contributed by atoms with Gasteiger partial charge < -0.3 is 9.67 Å². The van der Waals surface area contributed by atoms with E-state index in [9.17, 15) is 14.7 Å². The van der Waals surface area contributed by atoms with Crippen LogP contribution in [0.25, 0.3) is 10.9 Å². The van der Waals surface area contributed by atoms with E-state index in [1.54, 1.807) is 6.20 Å². The molecule has 0 atom stereocenters. The first-order valence-electron chi connectivity index (χ1n) is 7.84. The minimum atomic E-state index is -0.922. The first-order valence-corrected chi connectivity index (χ1v) is 7.84. The van der Waals surface area contributed by atoms with Crippen molar-refractivity contribution < 1.29 is 14.7 Å². The number of amides is 2. The minimum absolute atomic E-state index is 0.0167. The molecule has 3 N–H and O–H groups in total. The van der Waals surface area contributed by atoms with E-state index in [-0.39, 0.29) is 18.2 Å². The lowest BCUT2D eigenvalue weighted by atomic mass is 9.98. The fourth-order valence-corrected chi connectivity index (χ4v) is 3.27. The normalized spacial score (nSPS) is 16.4. The van der Waals surface area contributed by atoms with Crippen LogP contribution in [0.5, 0.6) is 0 Å². The second-order valence-electron chi connectivity index (χ2n) is 6.28. The SMILES string of the molecule is Cn1cc(C(=O)NNC(=O)CC2(O)CCCC2)c2ccccc21. The molecule has 2 amide bonds. The third-order valence-corrected chi connectivity index (χ3v) is 4.48. The fraction of sp³-hybridized carbons (Fsp3) is 0.412. The maximum atomic E-state index is 12.3. The van der Waals surface area contributed by atoms with Crippen LogP contribution >= 0.6 is 0 Å². The molecule has 1 fully saturated rings. The van der Waals surface area contributed by atoms with Crippen LogP contribution in [0.1, 0.15) is 42.5 Å². The Kier molecular flexibility index (Phi) is 4.09. The number of carbonyl (C=O) groups is 2. The fourth-order valence-electron chi connectivity index (χ4n) is 3.27. The number of carbonyl (C=O) groups excluding carboxylic acids is 2. The first-order chi connectivity index (χ1) is 11.0. The zero-order chi connectivity index (χ0) is 16.4. The van der Waals surface area contributed by atoms with Gasteiger partial charge >= 0.3 is 0 Å². The Balaban J connectivity index is 1.63. The number of benzene rings is 1. The molecule has 6 heteroatoms. The monoisotopic (exact) mass is 315 g/mol. The van der Waals surface area contributed by atoms with Crippen LogP contribution in [0.2, 0.25) is 0 Å². The van der Waals surface area contributed by atoms with Crippen LogP contribution in [0.4, 0.5) is 0 Å². The predicted molar refractivity (Wildman–Crippen MR) is 86.6 cm³/mol. The van der Waals surface area contributed by atoms with E-state index in [0.717, 1.165) is 23.7 Å². The largest absolute Gasteiger partial charge is 0.389 e. The van der Waals surface area contributed by atoms with Gasteiger partial charge in [-0.15, -0.1) is 0 Å². The summed E-state index contributed by atoms with van der Waals surface area (Å²) in [4.78, 5) is 24.2. The van der Waals surface area contributed by atoms with Crippen LogP contribution in [0.3, 0.4) is 0 Å². The van der Waals surface area contributed by atoms with Gasteiger partial charge in [-0.3, -0.25) is 20.4 Å². The number of fused-ring (bicyclic) bond motifs is 1. The van der Waals surface area contributed by atoms with Gasteiger partial charge in [0.1, 0.15) is 0 Å².